The Morgan fingerprint density at radius 2 is 1.24 bits per heavy atom. The normalized spacial score (nSPS) is 10.3. The minimum atomic E-state index is -0.162. The van der Waals surface area contributed by atoms with E-state index >= 15 is 0 Å². The van der Waals surface area contributed by atoms with E-state index in [1.165, 1.54) is 36.0 Å². The molecule has 0 bridgehead atoms. The second kappa shape index (κ2) is 12.5. The fourth-order valence-electron chi connectivity index (χ4n) is 2.14. The van der Waals surface area contributed by atoms with Gasteiger partial charge in [0, 0.05) is 0 Å². The summed E-state index contributed by atoms with van der Waals surface area (Å²) in [4.78, 5) is 0. The first-order chi connectivity index (χ1) is 10.3. The van der Waals surface area contributed by atoms with E-state index in [2.05, 4.69) is 67.6 Å². The van der Waals surface area contributed by atoms with Crippen molar-refractivity contribution in [3.63, 3.8) is 0 Å². The van der Waals surface area contributed by atoms with Crippen LogP contribution in [0.2, 0.25) is 0 Å². The van der Waals surface area contributed by atoms with Gasteiger partial charge in [-0.1, -0.05) is 80.4 Å². The van der Waals surface area contributed by atoms with E-state index in [9.17, 15) is 0 Å². The van der Waals surface area contributed by atoms with Crippen molar-refractivity contribution >= 4 is 38.9 Å². The molecule has 118 valence electrons. The van der Waals surface area contributed by atoms with Gasteiger partial charge in [-0.2, -0.15) is 0 Å². The Kier molecular flexibility index (Phi) is 11.3. The Bertz CT molecular complexity index is 425. The van der Waals surface area contributed by atoms with Gasteiger partial charge in [-0.05, 0) is 31.1 Å². The molecule has 0 atom stereocenters. The predicted octanol–water partition coefficient (Wildman–Crippen LogP) is 5.69. The molecule has 0 aromatic heterocycles. The van der Waals surface area contributed by atoms with E-state index in [0.29, 0.717) is 12.7 Å². The molecule has 0 amide bonds. The number of halogens is 2. The van der Waals surface area contributed by atoms with Gasteiger partial charge < -0.3 is 0 Å². The van der Waals surface area contributed by atoms with E-state index in [4.69, 9.17) is 20.4 Å². The fraction of sp³-hybridized carbons (Fsp3) is 0.294. The van der Waals surface area contributed by atoms with Gasteiger partial charge in [-0.15, -0.1) is 0 Å². The molecule has 0 fully saturated rings. The van der Waals surface area contributed by atoms with Crippen LogP contribution in [0, 0.1) is 0 Å². The zero-order valence-electron chi connectivity index (χ0n) is 12.1. The Labute approximate surface area is 144 Å². The SMILES string of the molecule is CCCCCP(c1ccccc1)c1ccccc1.[Cl][Ni][Cl]. The van der Waals surface area contributed by atoms with Gasteiger partial charge in [0.05, 0.1) is 0 Å². The molecule has 0 saturated carbocycles. The van der Waals surface area contributed by atoms with E-state index in [-0.39, 0.29) is 7.92 Å². The van der Waals surface area contributed by atoms with Crippen LogP contribution in [0.1, 0.15) is 26.2 Å². The summed E-state index contributed by atoms with van der Waals surface area (Å²) in [5.74, 6) is 0. The maximum atomic E-state index is 4.70. The summed E-state index contributed by atoms with van der Waals surface area (Å²) in [6.45, 7) is 2.27. The summed E-state index contributed by atoms with van der Waals surface area (Å²) in [5.41, 5.74) is 0. The van der Waals surface area contributed by atoms with Crippen LogP contribution in [-0.4, -0.2) is 6.16 Å². The van der Waals surface area contributed by atoms with E-state index in [1.807, 2.05) is 0 Å². The van der Waals surface area contributed by atoms with Gasteiger partial charge in [0.1, 0.15) is 0 Å². The Hall–Kier alpha value is -0.0565. The van der Waals surface area contributed by atoms with Crippen LogP contribution in [0.3, 0.4) is 0 Å². The van der Waals surface area contributed by atoms with Gasteiger partial charge in [0.2, 0.25) is 0 Å². The number of unbranched alkanes of at least 4 members (excludes halogenated alkanes) is 2. The van der Waals surface area contributed by atoms with Crippen LogP contribution in [-0.2, 0) is 12.7 Å². The average molecular weight is 386 g/mol. The van der Waals surface area contributed by atoms with Crippen molar-refractivity contribution in [2.45, 2.75) is 26.2 Å². The molecule has 4 heteroatoms. The Balaban J connectivity index is 0.000000677. The van der Waals surface area contributed by atoms with Crippen LogP contribution in [0.25, 0.3) is 0 Å². The quantitative estimate of drug-likeness (QED) is 0.340. The number of hydrogen-bond donors (Lipinski definition) is 0. The van der Waals surface area contributed by atoms with Gasteiger partial charge in [-0.3, -0.25) is 0 Å². The van der Waals surface area contributed by atoms with Crippen molar-refractivity contribution in [3.8, 4) is 0 Å². The Morgan fingerprint density at radius 3 is 1.62 bits per heavy atom. The summed E-state index contributed by atoms with van der Waals surface area (Å²) in [7, 11) is 9.24. The topological polar surface area (TPSA) is 0 Å². The van der Waals surface area contributed by atoms with Crippen molar-refractivity contribution in [2.75, 3.05) is 6.16 Å². The number of benzene rings is 2. The van der Waals surface area contributed by atoms with E-state index < -0.39 is 0 Å². The van der Waals surface area contributed by atoms with Crippen LogP contribution < -0.4 is 10.6 Å². The average Bonchev–Trinajstić information content (AvgIpc) is 2.54. The number of rotatable bonds is 6. The van der Waals surface area contributed by atoms with Gasteiger partial charge in [0.15, 0.2) is 0 Å². The molecule has 21 heavy (non-hydrogen) atoms. The first kappa shape index (κ1) is 19.0. The molecule has 0 saturated heterocycles. The van der Waals surface area contributed by atoms with Crippen LogP contribution in [0.4, 0.5) is 0 Å². The Morgan fingerprint density at radius 1 is 0.810 bits per heavy atom. The molecule has 0 spiro atoms. The molecule has 0 aliphatic rings. The van der Waals surface area contributed by atoms with Gasteiger partial charge >= 0.3 is 33.0 Å². The van der Waals surface area contributed by atoms with Crippen molar-refractivity contribution in [3.05, 3.63) is 60.7 Å². The zero-order valence-corrected chi connectivity index (χ0v) is 15.5. The molecule has 0 aliphatic carbocycles. The summed E-state index contributed by atoms with van der Waals surface area (Å²) in [5, 5.41) is 3.02. The minimum absolute atomic E-state index is 0.162. The third kappa shape index (κ3) is 7.67. The summed E-state index contributed by atoms with van der Waals surface area (Å²) in [6, 6.07) is 22.0. The second-order valence-corrected chi connectivity index (χ2v) is 8.54. The molecule has 0 heterocycles. The molecular formula is C17H21Cl2NiP. The van der Waals surface area contributed by atoms with E-state index in [1.54, 1.807) is 0 Å². The molecule has 0 unspecified atom stereocenters. The molecular weight excluding hydrogens is 365 g/mol. The predicted molar refractivity (Wildman–Crippen MR) is 95.2 cm³/mol. The molecule has 2 aromatic rings. The molecule has 2 rings (SSSR count). The molecule has 0 aliphatic heterocycles. The first-order valence-corrected chi connectivity index (χ1v) is 11.3. The molecule has 0 radical (unpaired) electrons. The third-order valence-electron chi connectivity index (χ3n) is 3.12. The summed E-state index contributed by atoms with van der Waals surface area (Å²) < 4.78 is 0. The van der Waals surface area contributed by atoms with Crippen molar-refractivity contribution < 1.29 is 12.7 Å². The van der Waals surface area contributed by atoms with Crippen molar-refractivity contribution in [2.24, 2.45) is 0 Å². The van der Waals surface area contributed by atoms with E-state index in [0.717, 1.165) is 0 Å². The van der Waals surface area contributed by atoms with Crippen LogP contribution in [0.15, 0.2) is 60.7 Å². The molecule has 0 N–H and O–H groups in total. The van der Waals surface area contributed by atoms with Crippen molar-refractivity contribution in [1.82, 2.24) is 0 Å². The van der Waals surface area contributed by atoms with Crippen molar-refractivity contribution in [1.29, 1.82) is 0 Å². The van der Waals surface area contributed by atoms with Gasteiger partial charge in [0.25, 0.3) is 0 Å². The number of hydrogen-bond acceptors (Lipinski definition) is 0. The summed E-state index contributed by atoms with van der Waals surface area (Å²) in [6.07, 6.45) is 5.30. The standard InChI is InChI=1S/C17H21P.2ClH.Ni/c1-2-3-10-15-18(16-11-6-4-7-12-16)17-13-8-5-9-14-17;;;/h4-9,11-14H,2-3,10,15H2,1H3;2*1H;/q;;;+2/p-2. The third-order valence-corrected chi connectivity index (χ3v) is 5.73. The monoisotopic (exact) mass is 384 g/mol. The van der Waals surface area contributed by atoms with Crippen LogP contribution in [0.5, 0.6) is 0 Å². The molecule has 0 nitrogen and oxygen atoms in total. The van der Waals surface area contributed by atoms with Crippen LogP contribution >= 0.6 is 28.3 Å². The first-order valence-electron chi connectivity index (χ1n) is 7.03. The second-order valence-electron chi connectivity index (χ2n) is 4.58. The zero-order chi connectivity index (χ0) is 15.3. The summed E-state index contributed by atoms with van der Waals surface area (Å²) >= 11 is 0.569. The maximum absolute atomic E-state index is 4.70. The van der Waals surface area contributed by atoms with Gasteiger partial charge in [-0.25, -0.2) is 0 Å². The molecule has 2 aromatic carbocycles. The fourth-order valence-corrected chi connectivity index (χ4v) is 4.56.